The van der Waals surface area contributed by atoms with Crippen molar-refractivity contribution in [1.82, 2.24) is 0 Å². The van der Waals surface area contributed by atoms with Gasteiger partial charge in [0.05, 0.1) is 33.0 Å². The molecule has 286 valence electrons. The molecule has 12 heteroatoms. The summed E-state index contributed by atoms with van der Waals surface area (Å²) in [5, 5.41) is 0. The summed E-state index contributed by atoms with van der Waals surface area (Å²) in [7, 11) is 0. The van der Waals surface area contributed by atoms with Crippen molar-refractivity contribution in [2.24, 2.45) is 0 Å². The van der Waals surface area contributed by atoms with Gasteiger partial charge < -0.3 is 52.1 Å². The van der Waals surface area contributed by atoms with E-state index in [4.69, 9.17) is 52.1 Å². The molecule has 0 radical (unpaired) electrons. The van der Waals surface area contributed by atoms with Crippen LogP contribution in [0.4, 0.5) is 0 Å². The van der Waals surface area contributed by atoms with Crippen LogP contribution in [0.2, 0.25) is 0 Å². The maximum absolute atomic E-state index is 13.0. The van der Waals surface area contributed by atoms with E-state index in [1.807, 2.05) is 119 Å². The first-order valence-electron chi connectivity index (χ1n) is 18.3. The fourth-order valence-corrected chi connectivity index (χ4v) is 7.20. The number of carbonyl (C=O) groups excluding carboxylic acids is 1. The number of hydrogen-bond donors (Lipinski definition) is 0. The third kappa shape index (κ3) is 9.52. The third-order valence-electron chi connectivity index (χ3n) is 9.60. The molecule has 53 heavy (non-hydrogen) atoms. The lowest BCUT2D eigenvalue weighted by Gasteiger charge is -2.37. The van der Waals surface area contributed by atoms with Gasteiger partial charge in [0.1, 0.15) is 42.7 Å². The van der Waals surface area contributed by atoms with Crippen molar-refractivity contribution in [3.05, 3.63) is 108 Å². The Morgan fingerprint density at radius 3 is 1.75 bits per heavy atom. The van der Waals surface area contributed by atoms with Crippen LogP contribution in [-0.2, 0) is 76.7 Å². The highest BCUT2D eigenvalue weighted by molar-refractivity contribution is 5.66. The van der Waals surface area contributed by atoms with Crippen molar-refractivity contribution < 1.29 is 56.9 Å². The molecule has 0 aliphatic carbocycles. The topological polar surface area (TPSA) is 119 Å². The second kappa shape index (κ2) is 16.6. The fourth-order valence-electron chi connectivity index (χ4n) is 7.20. The van der Waals surface area contributed by atoms with E-state index in [9.17, 15) is 4.79 Å². The van der Waals surface area contributed by atoms with Gasteiger partial charge in [-0.15, -0.1) is 0 Å². The van der Waals surface area contributed by atoms with Crippen LogP contribution < -0.4 is 0 Å². The number of fused-ring (bicyclic) bond motifs is 1. The summed E-state index contributed by atoms with van der Waals surface area (Å²) in [5.41, 5.74) is 2.86. The van der Waals surface area contributed by atoms with E-state index in [1.54, 1.807) is 0 Å². The Hall–Kier alpha value is -3.27. The molecule has 0 amide bonds. The summed E-state index contributed by atoms with van der Waals surface area (Å²) in [4.78, 5) is 13.0. The number of esters is 1. The van der Waals surface area contributed by atoms with Gasteiger partial charge in [-0.2, -0.15) is 0 Å². The smallest absolute Gasteiger partial charge is 0.303 e. The minimum absolute atomic E-state index is 0.0329. The number of benzene rings is 3. The number of carbonyl (C=O) groups is 1. The number of hydrogen-bond acceptors (Lipinski definition) is 12. The maximum Gasteiger partial charge on any atom is 0.303 e. The van der Waals surface area contributed by atoms with Gasteiger partial charge >= 0.3 is 5.97 Å². The first-order valence-corrected chi connectivity index (χ1v) is 18.3. The standard InChI is InChI=1S/C41H50O12/c1-26(42)48-36-34(45-23-29-19-13-8-14-20-29)32(44-22-28-17-11-7-12-18-28)30(43-21-27-15-9-6-10-16-27)24-46-38(36)50-35-33(31-25-47-40(2,3)51-31)49-39-37(35)52-41(4,5)53-39/h6-20,30-39H,21-25H2,1-5H3/t30-,31-,32+,33-,34-,35+,36+,37-,38-,39-/m1/s1. The summed E-state index contributed by atoms with van der Waals surface area (Å²) in [6.07, 6.45) is -7.91. The van der Waals surface area contributed by atoms with Crippen LogP contribution in [-0.4, -0.2) is 92.2 Å². The molecule has 0 unspecified atom stereocenters. The lowest BCUT2D eigenvalue weighted by molar-refractivity contribution is -0.278. The number of ether oxygens (including phenoxy) is 11. The van der Waals surface area contributed by atoms with Crippen molar-refractivity contribution in [1.29, 1.82) is 0 Å². The van der Waals surface area contributed by atoms with Crippen LogP contribution in [0.15, 0.2) is 91.0 Å². The van der Waals surface area contributed by atoms with Gasteiger partial charge in [-0.05, 0) is 44.4 Å². The van der Waals surface area contributed by atoms with Crippen molar-refractivity contribution in [3.63, 3.8) is 0 Å². The molecule has 3 aromatic rings. The van der Waals surface area contributed by atoms with Crippen LogP contribution in [0.3, 0.4) is 0 Å². The van der Waals surface area contributed by atoms with Gasteiger partial charge in [0.25, 0.3) is 0 Å². The maximum atomic E-state index is 13.0. The first kappa shape index (κ1) is 38.0. The Bertz CT molecular complexity index is 1600. The third-order valence-corrected chi connectivity index (χ3v) is 9.60. The first-order chi connectivity index (χ1) is 25.5. The van der Waals surface area contributed by atoms with E-state index in [0.717, 1.165) is 16.7 Å². The van der Waals surface area contributed by atoms with E-state index in [1.165, 1.54) is 6.92 Å². The predicted molar refractivity (Wildman–Crippen MR) is 189 cm³/mol. The monoisotopic (exact) mass is 734 g/mol. The van der Waals surface area contributed by atoms with E-state index in [2.05, 4.69) is 0 Å². The molecular weight excluding hydrogens is 684 g/mol. The normalized spacial score (nSPS) is 33.3. The summed E-state index contributed by atoms with van der Waals surface area (Å²) in [5.74, 6) is -2.29. The van der Waals surface area contributed by atoms with Crippen LogP contribution >= 0.6 is 0 Å². The molecular formula is C41H50O12. The predicted octanol–water partition coefficient (Wildman–Crippen LogP) is 5.44. The minimum atomic E-state index is -1.16. The zero-order valence-electron chi connectivity index (χ0n) is 30.9. The van der Waals surface area contributed by atoms with Crippen LogP contribution in [0.5, 0.6) is 0 Å². The molecule has 12 nitrogen and oxygen atoms in total. The van der Waals surface area contributed by atoms with Crippen molar-refractivity contribution >= 4 is 5.97 Å². The van der Waals surface area contributed by atoms with Crippen LogP contribution in [0, 0.1) is 0 Å². The lowest BCUT2D eigenvalue weighted by atomic mass is 10.0. The van der Waals surface area contributed by atoms with Gasteiger partial charge in [-0.1, -0.05) is 91.0 Å². The van der Waals surface area contributed by atoms with Crippen LogP contribution in [0.25, 0.3) is 0 Å². The summed E-state index contributed by atoms with van der Waals surface area (Å²) < 4.78 is 70.7. The number of rotatable bonds is 13. The second-order valence-electron chi connectivity index (χ2n) is 14.7. The molecule has 3 aromatic carbocycles. The van der Waals surface area contributed by atoms with E-state index in [0.29, 0.717) is 0 Å². The zero-order valence-corrected chi connectivity index (χ0v) is 30.9. The fraction of sp³-hybridized carbons (Fsp3) is 0.537. The molecule has 0 saturated carbocycles. The highest BCUT2D eigenvalue weighted by atomic mass is 16.9. The molecule has 4 fully saturated rings. The molecule has 4 aliphatic rings. The lowest BCUT2D eigenvalue weighted by Crippen LogP contribution is -2.54. The van der Waals surface area contributed by atoms with E-state index >= 15 is 0 Å². The zero-order chi connectivity index (χ0) is 37.0. The van der Waals surface area contributed by atoms with Crippen molar-refractivity contribution in [3.8, 4) is 0 Å². The largest absolute Gasteiger partial charge is 0.454 e. The van der Waals surface area contributed by atoms with Gasteiger partial charge in [0.15, 0.2) is 30.3 Å². The van der Waals surface area contributed by atoms with Gasteiger partial charge in [0, 0.05) is 6.92 Å². The summed E-state index contributed by atoms with van der Waals surface area (Å²) in [6, 6.07) is 29.5. The molecule has 4 heterocycles. The molecule has 7 rings (SSSR count). The average Bonchev–Trinajstić information content (AvgIpc) is 3.74. The highest BCUT2D eigenvalue weighted by Gasteiger charge is 2.60. The van der Waals surface area contributed by atoms with Gasteiger partial charge in [0.2, 0.25) is 0 Å². The Kier molecular flexibility index (Phi) is 11.9. The van der Waals surface area contributed by atoms with Crippen LogP contribution in [0.1, 0.15) is 51.3 Å². The van der Waals surface area contributed by atoms with Crippen molar-refractivity contribution in [2.75, 3.05) is 13.2 Å². The molecule has 10 atom stereocenters. The molecule has 0 bridgehead atoms. The summed E-state index contributed by atoms with van der Waals surface area (Å²) >= 11 is 0. The van der Waals surface area contributed by atoms with E-state index < -0.39 is 79.0 Å². The molecule has 0 spiro atoms. The molecule has 4 saturated heterocycles. The average molecular weight is 735 g/mol. The SMILES string of the molecule is CC(=O)O[C@@H]1[C@@H](O[C@@H]2[C@H]3OC(C)(C)O[C@H]3O[C@@H]2[C@H]2COC(C)(C)O2)OC[C@@H](OCc2ccccc2)[C@H](OCc2ccccc2)[C@H]1OCc1ccccc1. The minimum Gasteiger partial charge on any atom is -0.454 e. The Morgan fingerprint density at radius 1 is 0.642 bits per heavy atom. The summed E-state index contributed by atoms with van der Waals surface area (Å²) in [6.45, 7) is 9.71. The Morgan fingerprint density at radius 2 is 1.21 bits per heavy atom. The van der Waals surface area contributed by atoms with Gasteiger partial charge in [-0.25, -0.2) is 0 Å². The second-order valence-corrected chi connectivity index (χ2v) is 14.7. The van der Waals surface area contributed by atoms with Crippen molar-refractivity contribution in [2.45, 2.75) is 127 Å². The molecule has 4 aliphatic heterocycles. The Balaban J connectivity index is 1.23. The van der Waals surface area contributed by atoms with Gasteiger partial charge in [-0.3, -0.25) is 4.79 Å². The Labute approximate surface area is 310 Å². The molecule has 0 aromatic heterocycles. The van der Waals surface area contributed by atoms with E-state index in [-0.39, 0.29) is 33.0 Å². The molecule has 0 N–H and O–H groups in total. The quantitative estimate of drug-likeness (QED) is 0.208. The highest BCUT2D eigenvalue weighted by Crippen LogP contribution is 2.43.